The molecular formula is C21H17ClF3N5O. The normalized spacial score (nSPS) is 16.0. The van der Waals surface area contributed by atoms with E-state index in [1.807, 2.05) is 0 Å². The molecular weight excluding hydrogens is 431 g/mol. The fourth-order valence-electron chi connectivity index (χ4n) is 3.20. The van der Waals surface area contributed by atoms with Gasteiger partial charge in [0.05, 0.1) is 16.8 Å². The molecule has 0 fully saturated rings. The van der Waals surface area contributed by atoms with Crippen molar-refractivity contribution in [3.8, 4) is 22.8 Å². The number of hydrogen-bond donors (Lipinski definition) is 2. The predicted octanol–water partition coefficient (Wildman–Crippen LogP) is 5.06. The topological polar surface area (TPSA) is 89.8 Å². The number of alkyl halides is 3. The van der Waals surface area contributed by atoms with Gasteiger partial charge < -0.3 is 21.1 Å². The lowest BCUT2D eigenvalue weighted by atomic mass is 10.0. The van der Waals surface area contributed by atoms with E-state index in [0.717, 1.165) is 6.07 Å². The van der Waals surface area contributed by atoms with Crippen LogP contribution in [0, 0.1) is 0 Å². The van der Waals surface area contributed by atoms with E-state index in [1.54, 1.807) is 42.3 Å². The number of aliphatic imine (C=N–C) groups is 1. The number of hydrogen-bond acceptors (Lipinski definition) is 6. The molecule has 2 heterocycles. The first-order valence-corrected chi connectivity index (χ1v) is 9.50. The van der Waals surface area contributed by atoms with E-state index < -0.39 is 17.9 Å². The molecule has 2 aromatic carbocycles. The quantitative estimate of drug-likeness (QED) is 0.585. The number of nitrogens with two attached hydrogens (primary N) is 2. The van der Waals surface area contributed by atoms with Gasteiger partial charge in [0.2, 0.25) is 0 Å². The maximum absolute atomic E-state index is 13.8. The van der Waals surface area contributed by atoms with Crippen LogP contribution in [-0.2, 0) is 6.18 Å². The van der Waals surface area contributed by atoms with Gasteiger partial charge in [0.1, 0.15) is 17.7 Å². The Morgan fingerprint density at radius 1 is 1.06 bits per heavy atom. The summed E-state index contributed by atoms with van der Waals surface area (Å²) < 4.78 is 47.3. The van der Waals surface area contributed by atoms with Crippen molar-refractivity contribution in [3.63, 3.8) is 0 Å². The summed E-state index contributed by atoms with van der Waals surface area (Å²) in [7, 11) is 1.66. The van der Waals surface area contributed by atoms with Gasteiger partial charge in [-0.25, -0.2) is 4.98 Å². The molecule has 31 heavy (non-hydrogen) atoms. The molecule has 0 saturated heterocycles. The summed E-state index contributed by atoms with van der Waals surface area (Å²) in [5.74, 6) is 0.592. The smallest absolute Gasteiger partial charge is 0.417 e. The number of benzene rings is 2. The molecule has 1 aliphatic rings. The highest BCUT2D eigenvalue weighted by atomic mass is 35.5. The Morgan fingerprint density at radius 2 is 1.77 bits per heavy atom. The van der Waals surface area contributed by atoms with Gasteiger partial charge in [-0.1, -0.05) is 17.7 Å². The van der Waals surface area contributed by atoms with E-state index in [1.165, 1.54) is 18.2 Å². The third kappa shape index (κ3) is 4.01. The SMILES string of the molecule is CN1C(N)=Nc2nc(-c3c(Oc4ccc(Cl)cc4)cccc3C(F)(F)F)ccc2C1N. The molecule has 0 amide bonds. The molecule has 4 N–H and O–H groups in total. The lowest BCUT2D eigenvalue weighted by Gasteiger charge is -2.30. The first-order chi connectivity index (χ1) is 14.6. The van der Waals surface area contributed by atoms with E-state index in [9.17, 15) is 13.2 Å². The van der Waals surface area contributed by atoms with Crippen LogP contribution in [0.15, 0.2) is 59.6 Å². The van der Waals surface area contributed by atoms with Crippen LogP contribution in [-0.4, -0.2) is 22.9 Å². The molecule has 160 valence electrons. The number of guanidine groups is 1. The highest BCUT2D eigenvalue weighted by Crippen LogP contribution is 2.44. The summed E-state index contributed by atoms with van der Waals surface area (Å²) in [4.78, 5) is 10.0. The molecule has 0 radical (unpaired) electrons. The Kier molecular flexibility index (Phi) is 5.24. The van der Waals surface area contributed by atoms with E-state index in [4.69, 9.17) is 27.8 Å². The van der Waals surface area contributed by atoms with Crippen LogP contribution in [0.4, 0.5) is 19.0 Å². The maximum Gasteiger partial charge on any atom is 0.417 e. The Hall–Kier alpha value is -3.30. The number of rotatable bonds is 3. The second kappa shape index (κ2) is 7.75. The summed E-state index contributed by atoms with van der Waals surface area (Å²) in [5, 5.41) is 0.477. The molecule has 10 heteroatoms. The van der Waals surface area contributed by atoms with Crippen LogP contribution in [0.1, 0.15) is 17.3 Å². The molecule has 1 atom stereocenters. The standard InChI is InChI=1S/C21H17ClF3N5O/c1-30-18(26)13-9-10-15(28-19(13)29-20(30)27)17-14(21(23,24)25)3-2-4-16(17)31-12-7-5-11(22)6-8-12/h2-10,18H,26H2,1H3,(H2,27,28,29). The summed E-state index contributed by atoms with van der Waals surface area (Å²) in [6.45, 7) is 0. The zero-order chi connectivity index (χ0) is 22.3. The minimum atomic E-state index is -4.63. The average molecular weight is 448 g/mol. The van der Waals surface area contributed by atoms with E-state index in [-0.39, 0.29) is 28.8 Å². The molecule has 0 spiro atoms. The van der Waals surface area contributed by atoms with Gasteiger partial charge in [-0.3, -0.25) is 0 Å². The largest absolute Gasteiger partial charge is 0.457 e. The molecule has 4 rings (SSSR count). The van der Waals surface area contributed by atoms with Crippen molar-refractivity contribution in [1.82, 2.24) is 9.88 Å². The number of fused-ring (bicyclic) bond motifs is 1. The van der Waals surface area contributed by atoms with E-state index in [2.05, 4.69) is 9.98 Å². The summed E-state index contributed by atoms with van der Waals surface area (Å²) in [5.41, 5.74) is 11.5. The van der Waals surface area contributed by atoms with Gasteiger partial charge >= 0.3 is 6.18 Å². The Morgan fingerprint density at radius 3 is 2.45 bits per heavy atom. The van der Waals surface area contributed by atoms with Crippen LogP contribution in [0.25, 0.3) is 11.3 Å². The minimum Gasteiger partial charge on any atom is -0.457 e. The zero-order valence-electron chi connectivity index (χ0n) is 16.2. The van der Waals surface area contributed by atoms with Gasteiger partial charge in [0.15, 0.2) is 11.8 Å². The van der Waals surface area contributed by atoms with Crippen molar-refractivity contribution < 1.29 is 17.9 Å². The Balaban J connectivity index is 1.88. The predicted molar refractivity (Wildman–Crippen MR) is 112 cm³/mol. The molecule has 6 nitrogen and oxygen atoms in total. The second-order valence-corrected chi connectivity index (χ2v) is 7.30. The summed E-state index contributed by atoms with van der Waals surface area (Å²) >= 11 is 5.88. The van der Waals surface area contributed by atoms with Crippen molar-refractivity contribution >= 4 is 23.4 Å². The number of aromatic nitrogens is 1. The van der Waals surface area contributed by atoms with Gasteiger partial charge in [-0.05, 0) is 48.5 Å². The Bertz CT molecular complexity index is 1160. The highest BCUT2D eigenvalue weighted by molar-refractivity contribution is 6.30. The lowest BCUT2D eigenvalue weighted by Crippen LogP contribution is -2.43. The number of nitrogens with zero attached hydrogens (tertiary/aromatic N) is 3. The van der Waals surface area contributed by atoms with Crippen molar-refractivity contribution in [1.29, 1.82) is 0 Å². The molecule has 0 aliphatic carbocycles. The molecule has 3 aromatic rings. The van der Waals surface area contributed by atoms with Gasteiger partial charge in [-0.2, -0.15) is 18.2 Å². The van der Waals surface area contributed by atoms with Crippen LogP contribution >= 0.6 is 11.6 Å². The van der Waals surface area contributed by atoms with Crippen molar-refractivity contribution in [2.24, 2.45) is 16.5 Å². The maximum atomic E-state index is 13.8. The van der Waals surface area contributed by atoms with E-state index >= 15 is 0 Å². The monoisotopic (exact) mass is 447 g/mol. The highest BCUT2D eigenvalue weighted by Gasteiger charge is 2.36. The van der Waals surface area contributed by atoms with Crippen LogP contribution in [0.5, 0.6) is 11.5 Å². The second-order valence-electron chi connectivity index (χ2n) is 6.87. The first kappa shape index (κ1) is 21.0. The fourth-order valence-corrected chi connectivity index (χ4v) is 3.33. The van der Waals surface area contributed by atoms with Gasteiger partial charge in [0, 0.05) is 17.6 Å². The number of pyridine rings is 1. The average Bonchev–Trinajstić information content (AvgIpc) is 2.72. The third-order valence-electron chi connectivity index (χ3n) is 4.85. The van der Waals surface area contributed by atoms with Gasteiger partial charge in [0.25, 0.3) is 0 Å². The summed E-state index contributed by atoms with van der Waals surface area (Å²) in [6, 6.07) is 13.0. The fraction of sp³-hybridized carbons (Fsp3) is 0.143. The number of halogens is 4. The molecule has 0 saturated carbocycles. The van der Waals surface area contributed by atoms with Crippen molar-refractivity contribution in [3.05, 3.63) is 70.7 Å². The first-order valence-electron chi connectivity index (χ1n) is 9.12. The zero-order valence-corrected chi connectivity index (χ0v) is 16.9. The Labute approximate surface area is 180 Å². The van der Waals surface area contributed by atoms with E-state index in [0.29, 0.717) is 16.3 Å². The van der Waals surface area contributed by atoms with Crippen LogP contribution in [0.3, 0.4) is 0 Å². The van der Waals surface area contributed by atoms with Crippen LogP contribution in [0.2, 0.25) is 5.02 Å². The number of ether oxygens (including phenoxy) is 1. The van der Waals surface area contributed by atoms with Crippen molar-refractivity contribution in [2.75, 3.05) is 7.05 Å². The summed E-state index contributed by atoms with van der Waals surface area (Å²) in [6.07, 6.45) is -5.25. The molecule has 1 unspecified atom stereocenters. The van der Waals surface area contributed by atoms with Gasteiger partial charge in [-0.15, -0.1) is 0 Å². The lowest BCUT2D eigenvalue weighted by molar-refractivity contribution is -0.137. The molecule has 0 bridgehead atoms. The van der Waals surface area contributed by atoms with Crippen molar-refractivity contribution in [2.45, 2.75) is 12.3 Å². The third-order valence-corrected chi connectivity index (χ3v) is 5.10. The molecule has 1 aliphatic heterocycles. The van der Waals surface area contributed by atoms with Crippen LogP contribution < -0.4 is 16.2 Å². The molecule has 1 aromatic heterocycles. The minimum absolute atomic E-state index is 0.0150.